The van der Waals surface area contributed by atoms with E-state index >= 15 is 0 Å². The van der Waals surface area contributed by atoms with Gasteiger partial charge in [-0.2, -0.15) is 0 Å². The fourth-order valence-corrected chi connectivity index (χ4v) is 1.76. The van der Waals surface area contributed by atoms with E-state index in [1.165, 1.54) is 6.07 Å². The van der Waals surface area contributed by atoms with Gasteiger partial charge >= 0.3 is 5.69 Å². The van der Waals surface area contributed by atoms with Gasteiger partial charge in [0.2, 0.25) is 0 Å². The molecular formula is C14H19NO4. The average molecular weight is 265 g/mol. The lowest BCUT2D eigenvalue weighted by Crippen LogP contribution is -2.08. The number of rotatable bonds is 7. The van der Waals surface area contributed by atoms with E-state index in [-0.39, 0.29) is 23.3 Å². The molecule has 0 saturated carbocycles. The summed E-state index contributed by atoms with van der Waals surface area (Å²) in [6.45, 7) is 5.55. The summed E-state index contributed by atoms with van der Waals surface area (Å²) in [6, 6.07) is 4.59. The summed E-state index contributed by atoms with van der Waals surface area (Å²) in [5.74, 6) is 0.355. The van der Waals surface area contributed by atoms with Crippen molar-refractivity contribution in [3.05, 3.63) is 33.9 Å². The summed E-state index contributed by atoms with van der Waals surface area (Å²) in [6.07, 6.45) is 1.47. The molecule has 0 saturated heterocycles. The van der Waals surface area contributed by atoms with Crippen molar-refractivity contribution in [1.82, 2.24) is 0 Å². The van der Waals surface area contributed by atoms with Gasteiger partial charge in [-0.1, -0.05) is 13.0 Å². The topological polar surface area (TPSA) is 69.4 Å². The molecule has 0 bridgehead atoms. The van der Waals surface area contributed by atoms with Gasteiger partial charge in [0.05, 0.1) is 11.0 Å². The van der Waals surface area contributed by atoms with Gasteiger partial charge in [0, 0.05) is 18.9 Å². The second kappa shape index (κ2) is 6.87. The minimum Gasteiger partial charge on any atom is -0.484 e. The third-order valence-corrected chi connectivity index (χ3v) is 2.51. The summed E-state index contributed by atoms with van der Waals surface area (Å²) < 4.78 is 5.44. The lowest BCUT2D eigenvalue weighted by atomic mass is 10.1. The average Bonchev–Trinajstić information content (AvgIpc) is 2.28. The highest BCUT2D eigenvalue weighted by molar-refractivity contribution is 5.81. The molecule has 1 rings (SSSR count). The SMILES string of the molecule is CCCC(=O)Cc1ccc([N+](=O)[O-])c(OC(C)C)c1. The van der Waals surface area contributed by atoms with Crippen molar-refractivity contribution < 1.29 is 14.5 Å². The van der Waals surface area contributed by atoms with Crippen LogP contribution < -0.4 is 4.74 Å². The number of ether oxygens (including phenoxy) is 1. The first-order chi connectivity index (χ1) is 8.93. The maximum absolute atomic E-state index is 11.6. The highest BCUT2D eigenvalue weighted by atomic mass is 16.6. The van der Waals surface area contributed by atoms with E-state index in [0.717, 1.165) is 12.0 Å². The van der Waals surface area contributed by atoms with Gasteiger partial charge < -0.3 is 4.74 Å². The van der Waals surface area contributed by atoms with Crippen LogP contribution in [0.15, 0.2) is 18.2 Å². The van der Waals surface area contributed by atoms with Crippen molar-refractivity contribution >= 4 is 11.5 Å². The molecule has 0 unspecified atom stereocenters. The zero-order valence-corrected chi connectivity index (χ0v) is 11.5. The van der Waals surface area contributed by atoms with Gasteiger partial charge in [-0.15, -0.1) is 0 Å². The molecule has 1 aromatic rings. The Morgan fingerprint density at radius 1 is 1.42 bits per heavy atom. The van der Waals surface area contributed by atoms with Gasteiger partial charge in [0.15, 0.2) is 5.75 Å². The van der Waals surface area contributed by atoms with Gasteiger partial charge in [-0.05, 0) is 31.9 Å². The molecule has 19 heavy (non-hydrogen) atoms. The second-order valence-corrected chi connectivity index (χ2v) is 4.69. The summed E-state index contributed by atoms with van der Waals surface area (Å²) in [5.41, 5.74) is 0.681. The summed E-state index contributed by atoms with van der Waals surface area (Å²) >= 11 is 0. The molecule has 5 heteroatoms. The molecule has 5 nitrogen and oxygen atoms in total. The number of nitro groups is 1. The molecule has 0 spiro atoms. The van der Waals surface area contributed by atoms with Crippen LogP contribution in [0.2, 0.25) is 0 Å². The Balaban J connectivity index is 2.97. The predicted octanol–water partition coefficient (Wildman–Crippen LogP) is 3.29. The van der Waals surface area contributed by atoms with E-state index in [0.29, 0.717) is 12.8 Å². The van der Waals surface area contributed by atoms with E-state index in [2.05, 4.69) is 0 Å². The normalized spacial score (nSPS) is 10.5. The summed E-state index contributed by atoms with van der Waals surface area (Å²) in [7, 11) is 0. The van der Waals surface area contributed by atoms with Crippen molar-refractivity contribution in [3.8, 4) is 5.75 Å². The molecule has 0 aliphatic heterocycles. The fourth-order valence-electron chi connectivity index (χ4n) is 1.76. The molecular weight excluding hydrogens is 246 g/mol. The molecule has 0 aromatic heterocycles. The van der Waals surface area contributed by atoms with Crippen LogP contribution in [0.5, 0.6) is 5.75 Å². The van der Waals surface area contributed by atoms with Crippen LogP contribution in [-0.4, -0.2) is 16.8 Å². The van der Waals surface area contributed by atoms with Crippen LogP contribution in [0.4, 0.5) is 5.69 Å². The van der Waals surface area contributed by atoms with E-state index in [9.17, 15) is 14.9 Å². The molecule has 0 aliphatic rings. The summed E-state index contributed by atoms with van der Waals surface area (Å²) in [5, 5.41) is 10.9. The Morgan fingerprint density at radius 3 is 2.63 bits per heavy atom. The monoisotopic (exact) mass is 265 g/mol. The number of hydrogen-bond donors (Lipinski definition) is 0. The molecule has 0 N–H and O–H groups in total. The molecule has 0 radical (unpaired) electrons. The molecule has 0 atom stereocenters. The van der Waals surface area contributed by atoms with Crippen molar-refractivity contribution in [1.29, 1.82) is 0 Å². The van der Waals surface area contributed by atoms with E-state index < -0.39 is 4.92 Å². The largest absolute Gasteiger partial charge is 0.484 e. The highest BCUT2D eigenvalue weighted by Crippen LogP contribution is 2.29. The molecule has 0 fully saturated rings. The van der Waals surface area contributed by atoms with Gasteiger partial charge in [-0.3, -0.25) is 14.9 Å². The zero-order valence-electron chi connectivity index (χ0n) is 11.5. The van der Waals surface area contributed by atoms with Crippen LogP contribution in [0.3, 0.4) is 0 Å². The third-order valence-electron chi connectivity index (χ3n) is 2.51. The standard InChI is InChI=1S/C14H19NO4/c1-4-5-12(16)8-11-6-7-13(15(17)18)14(9-11)19-10(2)3/h6-7,9-10H,4-5,8H2,1-3H3. The Morgan fingerprint density at radius 2 is 2.11 bits per heavy atom. The first kappa shape index (κ1) is 15.1. The maximum Gasteiger partial charge on any atom is 0.310 e. The van der Waals surface area contributed by atoms with Crippen molar-refractivity contribution in [2.24, 2.45) is 0 Å². The number of carbonyl (C=O) groups excluding carboxylic acids is 1. The third kappa shape index (κ3) is 4.69. The molecule has 0 aliphatic carbocycles. The minimum absolute atomic E-state index is 0.0691. The molecule has 0 heterocycles. The second-order valence-electron chi connectivity index (χ2n) is 4.69. The van der Waals surface area contributed by atoms with Crippen molar-refractivity contribution in [3.63, 3.8) is 0 Å². The smallest absolute Gasteiger partial charge is 0.310 e. The Bertz CT molecular complexity index is 469. The molecule has 0 amide bonds. The lowest BCUT2D eigenvalue weighted by molar-refractivity contribution is -0.386. The van der Waals surface area contributed by atoms with Crippen molar-refractivity contribution in [2.75, 3.05) is 0 Å². The first-order valence-corrected chi connectivity index (χ1v) is 6.39. The quantitative estimate of drug-likeness (QED) is 0.560. The maximum atomic E-state index is 11.6. The predicted molar refractivity (Wildman–Crippen MR) is 72.5 cm³/mol. The van der Waals surface area contributed by atoms with Crippen LogP contribution in [0.25, 0.3) is 0 Å². The molecule has 1 aromatic carbocycles. The fraction of sp³-hybridized carbons (Fsp3) is 0.500. The van der Waals surface area contributed by atoms with E-state index in [1.54, 1.807) is 26.0 Å². The lowest BCUT2D eigenvalue weighted by Gasteiger charge is -2.11. The van der Waals surface area contributed by atoms with Crippen LogP contribution >= 0.6 is 0 Å². The van der Waals surface area contributed by atoms with Crippen molar-refractivity contribution in [2.45, 2.75) is 46.1 Å². The Labute approximate surface area is 112 Å². The number of Topliss-reactive ketones (excluding diaryl/α,β-unsaturated/α-hetero) is 1. The Hall–Kier alpha value is -1.91. The molecule has 104 valence electrons. The van der Waals surface area contributed by atoms with Gasteiger partial charge in [-0.25, -0.2) is 0 Å². The zero-order chi connectivity index (χ0) is 14.4. The Kier molecular flexibility index (Phi) is 5.48. The highest BCUT2D eigenvalue weighted by Gasteiger charge is 2.17. The minimum atomic E-state index is -0.477. The number of benzene rings is 1. The van der Waals surface area contributed by atoms with Gasteiger partial charge in [0.1, 0.15) is 5.78 Å². The van der Waals surface area contributed by atoms with Gasteiger partial charge in [0.25, 0.3) is 0 Å². The van der Waals surface area contributed by atoms with Crippen LogP contribution in [0, 0.1) is 10.1 Å². The van der Waals surface area contributed by atoms with Crippen LogP contribution in [-0.2, 0) is 11.2 Å². The van der Waals surface area contributed by atoms with Crippen LogP contribution in [0.1, 0.15) is 39.2 Å². The number of ketones is 1. The van der Waals surface area contributed by atoms with E-state index in [1.807, 2.05) is 6.92 Å². The first-order valence-electron chi connectivity index (χ1n) is 6.39. The number of nitrogens with zero attached hydrogens (tertiary/aromatic N) is 1. The van der Waals surface area contributed by atoms with E-state index in [4.69, 9.17) is 4.74 Å². The number of carbonyl (C=O) groups is 1. The number of hydrogen-bond acceptors (Lipinski definition) is 4. The summed E-state index contributed by atoms with van der Waals surface area (Å²) in [4.78, 5) is 22.0. The number of nitro benzene ring substituents is 1.